The Bertz CT molecular complexity index is 862. The lowest BCUT2D eigenvalue weighted by Gasteiger charge is -2.12. The third-order valence-electron chi connectivity index (χ3n) is 3.20. The number of hydrogen-bond donors (Lipinski definition) is 3. The summed E-state index contributed by atoms with van der Waals surface area (Å²) in [4.78, 5) is 23.6. The zero-order valence-electron chi connectivity index (χ0n) is 14.8. The number of nitrogens with one attached hydrogen (secondary N) is 3. The van der Waals surface area contributed by atoms with Crippen LogP contribution in [0.25, 0.3) is 0 Å². The number of ether oxygens (including phenoxy) is 2. The van der Waals surface area contributed by atoms with Crippen molar-refractivity contribution in [3.05, 3.63) is 57.0 Å². The molecule has 148 valence electrons. The molecule has 10 heteroatoms. The molecule has 0 aromatic heterocycles. The Morgan fingerprint density at radius 1 is 0.964 bits per heavy atom. The number of amides is 2. The van der Waals surface area contributed by atoms with E-state index in [2.05, 4.69) is 48.0 Å². The van der Waals surface area contributed by atoms with Crippen molar-refractivity contribution >= 4 is 61.0 Å². The third kappa shape index (κ3) is 7.83. The zero-order valence-corrected chi connectivity index (χ0v) is 18.7. The molecule has 0 fully saturated rings. The second-order valence-electron chi connectivity index (χ2n) is 5.52. The summed E-state index contributed by atoms with van der Waals surface area (Å²) in [5.74, 6) is 0.163. The molecule has 28 heavy (non-hydrogen) atoms. The summed E-state index contributed by atoms with van der Waals surface area (Å²) in [5, 5.41) is 2.34. The molecule has 7 nitrogen and oxygen atoms in total. The van der Waals surface area contributed by atoms with Crippen LogP contribution in [0.3, 0.4) is 0 Å². The second kappa shape index (κ2) is 11.0. The number of thiocarbonyl (C=S) groups is 1. The van der Waals surface area contributed by atoms with Gasteiger partial charge in [0.05, 0.1) is 4.47 Å². The van der Waals surface area contributed by atoms with Crippen LogP contribution in [-0.2, 0) is 9.59 Å². The van der Waals surface area contributed by atoms with Gasteiger partial charge >= 0.3 is 0 Å². The predicted molar refractivity (Wildman–Crippen MR) is 116 cm³/mol. The number of hydrazine groups is 1. The van der Waals surface area contributed by atoms with Gasteiger partial charge in [-0.25, -0.2) is 0 Å². The first-order chi connectivity index (χ1) is 13.3. The van der Waals surface area contributed by atoms with Crippen LogP contribution in [0.1, 0.15) is 5.56 Å². The Labute approximate surface area is 184 Å². The molecular formula is C18H17Br2N3O4S. The molecule has 0 radical (unpaired) electrons. The molecular weight excluding hydrogens is 514 g/mol. The summed E-state index contributed by atoms with van der Waals surface area (Å²) in [6.45, 7) is 1.50. The monoisotopic (exact) mass is 529 g/mol. The Balaban J connectivity index is 1.66. The van der Waals surface area contributed by atoms with E-state index in [1.165, 1.54) is 0 Å². The van der Waals surface area contributed by atoms with E-state index in [1.807, 2.05) is 19.1 Å². The lowest BCUT2D eigenvalue weighted by Crippen LogP contribution is -2.50. The molecule has 0 unspecified atom stereocenters. The van der Waals surface area contributed by atoms with Gasteiger partial charge in [0, 0.05) is 4.47 Å². The summed E-state index contributed by atoms with van der Waals surface area (Å²) in [6, 6.07) is 12.6. The Morgan fingerprint density at radius 3 is 2.32 bits per heavy atom. The average molecular weight is 531 g/mol. The second-order valence-corrected chi connectivity index (χ2v) is 7.69. The Hall–Kier alpha value is -2.17. The largest absolute Gasteiger partial charge is 0.484 e. The number of carbonyl (C=O) groups excluding carboxylic acids is 2. The van der Waals surface area contributed by atoms with Crippen molar-refractivity contribution in [2.75, 3.05) is 13.2 Å². The van der Waals surface area contributed by atoms with Crippen LogP contribution in [0.15, 0.2) is 51.4 Å². The van der Waals surface area contributed by atoms with Crippen LogP contribution in [0, 0.1) is 6.92 Å². The molecule has 0 aliphatic heterocycles. The van der Waals surface area contributed by atoms with Gasteiger partial charge in [-0.2, -0.15) is 0 Å². The molecule has 0 aliphatic carbocycles. The van der Waals surface area contributed by atoms with Gasteiger partial charge in [-0.05, 0) is 77.0 Å². The van der Waals surface area contributed by atoms with Gasteiger partial charge in [-0.3, -0.25) is 25.8 Å². The quantitative estimate of drug-likeness (QED) is 0.393. The lowest BCUT2D eigenvalue weighted by molar-refractivity contribution is -0.124. The highest BCUT2D eigenvalue weighted by Gasteiger charge is 2.09. The highest BCUT2D eigenvalue weighted by molar-refractivity contribution is 9.10. The molecule has 0 spiro atoms. The first-order valence-corrected chi connectivity index (χ1v) is 9.99. The highest BCUT2D eigenvalue weighted by Crippen LogP contribution is 2.25. The molecule has 0 aliphatic rings. The van der Waals surface area contributed by atoms with E-state index in [0.29, 0.717) is 11.5 Å². The first-order valence-electron chi connectivity index (χ1n) is 7.99. The van der Waals surface area contributed by atoms with Gasteiger partial charge in [-0.15, -0.1) is 0 Å². The van der Waals surface area contributed by atoms with Gasteiger partial charge in [0.1, 0.15) is 11.5 Å². The molecule has 2 rings (SSSR count). The molecule has 2 aromatic rings. The van der Waals surface area contributed by atoms with E-state index in [-0.39, 0.29) is 18.3 Å². The summed E-state index contributed by atoms with van der Waals surface area (Å²) in [7, 11) is 0. The summed E-state index contributed by atoms with van der Waals surface area (Å²) in [6.07, 6.45) is 0. The fourth-order valence-electron chi connectivity index (χ4n) is 1.90. The number of aryl methyl sites for hydroxylation is 1. The maximum Gasteiger partial charge on any atom is 0.276 e. The van der Waals surface area contributed by atoms with Crippen LogP contribution in [0.4, 0.5) is 0 Å². The maximum absolute atomic E-state index is 11.9. The molecule has 2 aromatic carbocycles. The molecule has 0 saturated carbocycles. The summed E-state index contributed by atoms with van der Waals surface area (Å²) < 4.78 is 12.4. The molecule has 0 atom stereocenters. The van der Waals surface area contributed by atoms with Gasteiger partial charge in [-0.1, -0.05) is 22.0 Å². The van der Waals surface area contributed by atoms with E-state index in [0.717, 1.165) is 14.5 Å². The van der Waals surface area contributed by atoms with E-state index in [9.17, 15) is 9.59 Å². The minimum Gasteiger partial charge on any atom is -0.484 e. The van der Waals surface area contributed by atoms with E-state index < -0.39 is 11.8 Å². The highest BCUT2D eigenvalue weighted by atomic mass is 79.9. The number of carbonyl (C=O) groups is 2. The molecule has 0 saturated heterocycles. The van der Waals surface area contributed by atoms with E-state index in [1.54, 1.807) is 30.3 Å². The third-order valence-corrected chi connectivity index (χ3v) is 4.55. The van der Waals surface area contributed by atoms with Gasteiger partial charge in [0.15, 0.2) is 18.3 Å². The minimum absolute atomic E-state index is 0.0615. The number of rotatable bonds is 6. The normalized spacial score (nSPS) is 9.96. The summed E-state index contributed by atoms with van der Waals surface area (Å²) in [5.41, 5.74) is 5.82. The number of benzene rings is 2. The smallest absolute Gasteiger partial charge is 0.276 e. The van der Waals surface area contributed by atoms with Crippen LogP contribution < -0.4 is 25.6 Å². The maximum atomic E-state index is 11.9. The van der Waals surface area contributed by atoms with Crippen molar-refractivity contribution in [2.24, 2.45) is 0 Å². The molecule has 3 N–H and O–H groups in total. The lowest BCUT2D eigenvalue weighted by atomic mass is 10.2. The van der Waals surface area contributed by atoms with Crippen molar-refractivity contribution in [1.82, 2.24) is 16.2 Å². The van der Waals surface area contributed by atoms with E-state index >= 15 is 0 Å². The van der Waals surface area contributed by atoms with Crippen molar-refractivity contribution in [3.8, 4) is 11.5 Å². The Kier molecular flexibility index (Phi) is 8.68. The zero-order chi connectivity index (χ0) is 20.5. The predicted octanol–water partition coefficient (Wildman–Crippen LogP) is 3.00. The number of halogens is 2. The van der Waals surface area contributed by atoms with Gasteiger partial charge < -0.3 is 9.47 Å². The topological polar surface area (TPSA) is 88.7 Å². The number of hydrogen-bond acceptors (Lipinski definition) is 5. The van der Waals surface area contributed by atoms with Gasteiger partial charge in [0.25, 0.3) is 11.8 Å². The van der Waals surface area contributed by atoms with Crippen LogP contribution >= 0.6 is 44.1 Å². The van der Waals surface area contributed by atoms with E-state index in [4.69, 9.17) is 21.7 Å². The van der Waals surface area contributed by atoms with Crippen LogP contribution in [-0.4, -0.2) is 30.1 Å². The fraction of sp³-hybridized carbons (Fsp3) is 0.167. The van der Waals surface area contributed by atoms with Crippen LogP contribution in [0.5, 0.6) is 11.5 Å². The summed E-state index contributed by atoms with van der Waals surface area (Å²) >= 11 is 11.6. The van der Waals surface area contributed by atoms with Crippen molar-refractivity contribution in [1.29, 1.82) is 0 Å². The molecule has 2 amide bonds. The fourth-order valence-corrected chi connectivity index (χ4v) is 2.94. The minimum atomic E-state index is -0.467. The van der Waals surface area contributed by atoms with Crippen molar-refractivity contribution < 1.29 is 19.1 Å². The van der Waals surface area contributed by atoms with Gasteiger partial charge in [0.2, 0.25) is 0 Å². The molecule has 0 bridgehead atoms. The van der Waals surface area contributed by atoms with Crippen LogP contribution in [0.2, 0.25) is 0 Å². The standard InChI is InChI=1S/C18H17Br2N3O4S/c1-11-2-7-15(14(20)8-11)27-9-16(24)21-18(28)23-22-17(25)10-26-13-5-3-12(19)4-6-13/h2-8H,9-10H2,1H3,(H,22,25)(H2,21,23,24,28). The first kappa shape index (κ1) is 22.1. The van der Waals surface area contributed by atoms with Crippen molar-refractivity contribution in [3.63, 3.8) is 0 Å². The van der Waals surface area contributed by atoms with Crippen molar-refractivity contribution in [2.45, 2.75) is 6.92 Å². The average Bonchev–Trinajstić information content (AvgIpc) is 2.65. The molecule has 0 heterocycles. The SMILES string of the molecule is Cc1ccc(OCC(=O)NC(=S)NNC(=O)COc2ccc(Br)cc2)c(Br)c1. The Morgan fingerprint density at radius 2 is 1.64 bits per heavy atom.